The Balaban J connectivity index is 2.15. The lowest BCUT2D eigenvalue weighted by Gasteiger charge is -2.16. The maximum Gasteiger partial charge on any atom is 0.282 e. The second-order valence-corrected chi connectivity index (χ2v) is 8.67. The zero-order chi connectivity index (χ0) is 21.8. The molecule has 0 fully saturated rings. The number of hydrogen-bond acceptors (Lipinski definition) is 4. The summed E-state index contributed by atoms with van der Waals surface area (Å²) in [6.45, 7) is 8.17. The highest BCUT2D eigenvalue weighted by molar-refractivity contribution is 9.10. The largest absolute Gasteiger partial charge is 0.490 e. The summed E-state index contributed by atoms with van der Waals surface area (Å²) in [5.41, 5.74) is 1.16. The maximum absolute atomic E-state index is 13.3. The van der Waals surface area contributed by atoms with Gasteiger partial charge in [0.2, 0.25) is 0 Å². The highest BCUT2D eigenvalue weighted by Gasteiger charge is 2.16. The zero-order valence-corrected chi connectivity index (χ0v) is 19.9. The smallest absolute Gasteiger partial charge is 0.282 e. The van der Waals surface area contributed by atoms with Crippen molar-refractivity contribution >= 4 is 44.6 Å². The van der Waals surface area contributed by atoms with Crippen molar-refractivity contribution in [3.05, 3.63) is 67.6 Å². The van der Waals surface area contributed by atoms with Gasteiger partial charge in [0.1, 0.15) is 11.6 Å². The molecule has 2 atom stereocenters. The highest BCUT2D eigenvalue weighted by Crippen LogP contribution is 2.24. The SMILES string of the molecule is CC[C@@H](C)c1nc2ccc(Br)cc2c(=O)n1N=Cc1cc(Cl)ccc1O[C@@H](C)CC. The Kier molecular flexibility index (Phi) is 7.32. The van der Waals surface area contributed by atoms with E-state index >= 15 is 0 Å². The van der Waals surface area contributed by atoms with Crippen molar-refractivity contribution in [1.29, 1.82) is 0 Å². The van der Waals surface area contributed by atoms with Crippen LogP contribution in [0.5, 0.6) is 5.75 Å². The van der Waals surface area contributed by atoms with Crippen molar-refractivity contribution in [3.8, 4) is 5.75 Å². The molecule has 7 heteroatoms. The molecule has 0 unspecified atom stereocenters. The van der Waals surface area contributed by atoms with Gasteiger partial charge in [0.25, 0.3) is 5.56 Å². The minimum Gasteiger partial charge on any atom is -0.490 e. The summed E-state index contributed by atoms with van der Waals surface area (Å²) in [7, 11) is 0. The summed E-state index contributed by atoms with van der Waals surface area (Å²) >= 11 is 9.63. The first-order chi connectivity index (χ1) is 14.3. The quantitative estimate of drug-likeness (QED) is 0.361. The molecule has 5 nitrogen and oxygen atoms in total. The molecule has 0 aliphatic rings. The van der Waals surface area contributed by atoms with Crippen molar-refractivity contribution in [3.63, 3.8) is 0 Å². The standard InChI is InChI=1S/C23H25BrClN3O2/c1-5-14(3)22-27-20-9-7-17(24)12-19(20)23(29)28(22)26-13-16-11-18(25)8-10-21(16)30-15(4)6-2/h7-15H,5-6H2,1-4H3/t14-,15+/m1/s1. The number of halogens is 2. The van der Waals surface area contributed by atoms with Gasteiger partial charge in [0, 0.05) is 21.0 Å². The summed E-state index contributed by atoms with van der Waals surface area (Å²) in [4.78, 5) is 18.0. The van der Waals surface area contributed by atoms with Gasteiger partial charge in [-0.05, 0) is 56.2 Å². The molecule has 1 aromatic heterocycles. The van der Waals surface area contributed by atoms with Gasteiger partial charge in [-0.3, -0.25) is 4.79 Å². The zero-order valence-electron chi connectivity index (χ0n) is 17.5. The van der Waals surface area contributed by atoms with E-state index in [0.29, 0.717) is 33.1 Å². The average Bonchev–Trinajstić information content (AvgIpc) is 2.74. The van der Waals surface area contributed by atoms with E-state index < -0.39 is 0 Å². The Morgan fingerprint density at radius 2 is 1.97 bits per heavy atom. The topological polar surface area (TPSA) is 56.5 Å². The number of hydrogen-bond donors (Lipinski definition) is 0. The third kappa shape index (κ3) is 4.93. The van der Waals surface area contributed by atoms with E-state index in [9.17, 15) is 4.79 Å². The van der Waals surface area contributed by atoms with Crippen LogP contribution in [-0.2, 0) is 0 Å². The molecular weight excluding hydrogens is 466 g/mol. The van der Waals surface area contributed by atoms with Crippen molar-refractivity contribution in [2.45, 2.75) is 52.6 Å². The molecule has 0 aliphatic heterocycles. The van der Waals surface area contributed by atoms with E-state index in [0.717, 1.165) is 17.3 Å². The Morgan fingerprint density at radius 1 is 1.20 bits per heavy atom. The Bertz CT molecular complexity index is 1140. The lowest BCUT2D eigenvalue weighted by Crippen LogP contribution is -2.23. The van der Waals surface area contributed by atoms with Crippen LogP contribution in [0.4, 0.5) is 0 Å². The average molecular weight is 491 g/mol. The Hall–Kier alpha value is -2.18. The molecule has 1 heterocycles. The fraction of sp³-hybridized carbons (Fsp3) is 0.348. The van der Waals surface area contributed by atoms with Gasteiger partial charge in [-0.25, -0.2) is 4.98 Å². The third-order valence-corrected chi connectivity index (χ3v) is 5.80. The monoisotopic (exact) mass is 489 g/mol. The lowest BCUT2D eigenvalue weighted by atomic mass is 10.1. The molecule has 2 aromatic carbocycles. The highest BCUT2D eigenvalue weighted by atomic mass is 79.9. The molecule has 30 heavy (non-hydrogen) atoms. The van der Waals surface area contributed by atoms with E-state index in [-0.39, 0.29) is 17.6 Å². The minimum absolute atomic E-state index is 0.0522. The molecule has 0 saturated heterocycles. The summed E-state index contributed by atoms with van der Waals surface area (Å²) in [5, 5.41) is 5.60. The first-order valence-corrected chi connectivity index (χ1v) is 11.2. The first kappa shape index (κ1) is 22.5. The summed E-state index contributed by atoms with van der Waals surface area (Å²) in [5.74, 6) is 1.37. The molecule has 158 valence electrons. The van der Waals surface area contributed by atoms with Gasteiger partial charge < -0.3 is 4.74 Å². The third-order valence-electron chi connectivity index (χ3n) is 5.07. The molecule has 0 bridgehead atoms. The maximum atomic E-state index is 13.3. The van der Waals surface area contributed by atoms with E-state index in [4.69, 9.17) is 21.3 Å². The molecule has 0 amide bonds. The van der Waals surface area contributed by atoms with Crippen molar-refractivity contribution in [2.75, 3.05) is 0 Å². The van der Waals surface area contributed by atoms with Crippen LogP contribution >= 0.6 is 27.5 Å². The second-order valence-electron chi connectivity index (χ2n) is 7.32. The van der Waals surface area contributed by atoms with E-state index in [1.165, 1.54) is 4.68 Å². The minimum atomic E-state index is -0.209. The van der Waals surface area contributed by atoms with Gasteiger partial charge >= 0.3 is 0 Å². The first-order valence-electron chi connectivity index (χ1n) is 10.1. The van der Waals surface area contributed by atoms with Crippen LogP contribution in [0.2, 0.25) is 5.02 Å². The molecule has 0 N–H and O–H groups in total. The Morgan fingerprint density at radius 3 is 2.67 bits per heavy atom. The normalized spacial score (nSPS) is 13.7. The summed E-state index contributed by atoms with van der Waals surface area (Å²) in [6, 6.07) is 10.9. The van der Waals surface area contributed by atoms with Crippen LogP contribution in [0, 0.1) is 0 Å². The number of rotatable bonds is 7. The lowest BCUT2D eigenvalue weighted by molar-refractivity contribution is 0.217. The fourth-order valence-electron chi connectivity index (χ4n) is 2.93. The van der Waals surface area contributed by atoms with E-state index in [1.807, 2.05) is 32.0 Å². The molecule has 3 rings (SSSR count). The predicted molar refractivity (Wildman–Crippen MR) is 127 cm³/mol. The van der Waals surface area contributed by atoms with Crippen LogP contribution in [-0.4, -0.2) is 22.0 Å². The van der Waals surface area contributed by atoms with Crippen molar-refractivity contribution in [1.82, 2.24) is 9.66 Å². The van der Waals surface area contributed by atoms with Crippen molar-refractivity contribution < 1.29 is 4.74 Å². The fourth-order valence-corrected chi connectivity index (χ4v) is 3.47. The summed E-state index contributed by atoms with van der Waals surface area (Å²) < 4.78 is 8.20. The van der Waals surface area contributed by atoms with Crippen LogP contribution in [0.3, 0.4) is 0 Å². The van der Waals surface area contributed by atoms with E-state index in [1.54, 1.807) is 24.4 Å². The Labute approximate surface area is 189 Å². The van der Waals surface area contributed by atoms with Crippen LogP contribution in [0.15, 0.2) is 50.8 Å². The van der Waals surface area contributed by atoms with Crippen LogP contribution in [0.25, 0.3) is 10.9 Å². The number of fused-ring (bicyclic) bond motifs is 1. The predicted octanol–water partition coefficient (Wildman–Crippen LogP) is 6.39. The number of nitrogens with zero attached hydrogens (tertiary/aromatic N) is 3. The summed E-state index contributed by atoms with van der Waals surface area (Å²) in [6.07, 6.45) is 3.38. The van der Waals surface area contributed by atoms with Crippen molar-refractivity contribution in [2.24, 2.45) is 5.10 Å². The molecule has 0 radical (unpaired) electrons. The van der Waals surface area contributed by atoms with Gasteiger partial charge in [-0.15, -0.1) is 0 Å². The number of aromatic nitrogens is 2. The van der Waals surface area contributed by atoms with Crippen LogP contribution < -0.4 is 10.3 Å². The number of ether oxygens (including phenoxy) is 1. The van der Waals surface area contributed by atoms with E-state index in [2.05, 4.69) is 34.9 Å². The van der Waals surface area contributed by atoms with Crippen LogP contribution in [0.1, 0.15) is 57.8 Å². The van der Waals surface area contributed by atoms with Gasteiger partial charge in [0.15, 0.2) is 0 Å². The van der Waals surface area contributed by atoms with Gasteiger partial charge in [0.05, 0.1) is 23.2 Å². The molecule has 3 aromatic rings. The molecule has 0 aliphatic carbocycles. The van der Waals surface area contributed by atoms with Gasteiger partial charge in [-0.2, -0.15) is 9.78 Å². The molecular formula is C23H25BrClN3O2. The second kappa shape index (κ2) is 9.75. The number of benzene rings is 2. The molecule has 0 spiro atoms. The van der Waals surface area contributed by atoms with Gasteiger partial charge in [-0.1, -0.05) is 48.3 Å². The molecule has 0 saturated carbocycles.